The van der Waals surface area contributed by atoms with Crippen molar-refractivity contribution in [3.63, 3.8) is 0 Å². The third-order valence-corrected chi connectivity index (χ3v) is 9.19. The number of fused-ring (bicyclic) bond motifs is 1. The van der Waals surface area contributed by atoms with Gasteiger partial charge in [0.25, 0.3) is 0 Å². The molecule has 0 radical (unpaired) electrons. The molecule has 0 amide bonds. The highest BCUT2D eigenvalue weighted by Gasteiger charge is 2.38. The van der Waals surface area contributed by atoms with E-state index in [1.807, 2.05) is 87.7 Å². The Bertz CT molecular complexity index is 1850. The van der Waals surface area contributed by atoms with Crippen LogP contribution in [-0.4, -0.2) is 64.7 Å². The van der Waals surface area contributed by atoms with Gasteiger partial charge in [0.05, 0.1) is 47.3 Å². The van der Waals surface area contributed by atoms with Crippen LogP contribution in [0.4, 0.5) is 5.82 Å². The van der Waals surface area contributed by atoms with Crippen LogP contribution in [0.2, 0.25) is 5.02 Å². The molecule has 1 unspecified atom stereocenters. The largest absolute Gasteiger partial charge is 0.490 e. The first-order valence-electron chi connectivity index (χ1n) is 17.1. The van der Waals surface area contributed by atoms with Crippen molar-refractivity contribution in [1.82, 2.24) is 14.6 Å². The van der Waals surface area contributed by atoms with Crippen molar-refractivity contribution >= 4 is 29.0 Å². The van der Waals surface area contributed by atoms with Crippen LogP contribution in [0.3, 0.4) is 0 Å². The van der Waals surface area contributed by atoms with Crippen molar-refractivity contribution in [2.45, 2.75) is 84.2 Å². The number of nitrogens with zero attached hydrogens (tertiary/aromatic N) is 4. The first-order valence-corrected chi connectivity index (χ1v) is 17.5. The number of piperidine rings is 1. The molecule has 0 aliphatic carbocycles. The number of carbonyl (C=O) groups is 1. The predicted octanol–water partition coefficient (Wildman–Crippen LogP) is 8.96. The lowest BCUT2D eigenvalue weighted by Crippen LogP contribution is -2.45. The quantitative estimate of drug-likeness (QED) is 0.101. The zero-order chi connectivity index (χ0) is 36.2. The number of rotatable bonds is 13. The van der Waals surface area contributed by atoms with Gasteiger partial charge in [-0.25, -0.2) is 9.78 Å². The Morgan fingerprint density at radius 1 is 1.08 bits per heavy atom. The van der Waals surface area contributed by atoms with Crippen LogP contribution in [0.5, 0.6) is 5.75 Å². The number of hydrogen-bond acceptors (Lipinski definition) is 8. The van der Waals surface area contributed by atoms with Crippen molar-refractivity contribution in [2.24, 2.45) is 0 Å². The molecular formula is C40H49ClN4O5. The third-order valence-electron chi connectivity index (χ3n) is 8.87. The van der Waals surface area contributed by atoms with Gasteiger partial charge < -0.3 is 23.8 Å². The summed E-state index contributed by atoms with van der Waals surface area (Å²) in [7, 11) is 1.38. The van der Waals surface area contributed by atoms with E-state index in [1.54, 1.807) is 6.08 Å². The Labute approximate surface area is 300 Å². The van der Waals surface area contributed by atoms with Crippen LogP contribution < -0.4 is 9.64 Å². The fraction of sp³-hybridized carbons (Fsp3) is 0.425. The van der Waals surface area contributed by atoms with Crippen LogP contribution in [0.1, 0.15) is 71.2 Å². The average molecular weight is 701 g/mol. The molecule has 266 valence electrons. The Kier molecular flexibility index (Phi) is 11.4. The van der Waals surface area contributed by atoms with Gasteiger partial charge in [-0.2, -0.15) is 9.61 Å². The Balaban J connectivity index is 1.65. The summed E-state index contributed by atoms with van der Waals surface area (Å²) in [6.07, 6.45) is 4.79. The number of carbonyl (C=O) groups excluding carboxylic acids is 1. The standard InChI is InChI=1S/C40H49ClN4O5/c1-10-14-26(3)49-32-18-13-17-30(41)35(32)29-16-12-15-28(24-29)31-25-33-42-27(4)34(36(38(46)47-9)50-39(5,6)7)37(45(33)43-31)44-21-19-40(8,20-22-44)48-23-11-2/h10-13,15-18,24-26,36H,1-2,14,19-23H2,3-9H3/t26-,36?/m0/s1. The fourth-order valence-electron chi connectivity index (χ4n) is 6.36. The highest BCUT2D eigenvalue weighted by Crippen LogP contribution is 2.41. The van der Waals surface area contributed by atoms with Crippen molar-refractivity contribution < 1.29 is 23.7 Å². The van der Waals surface area contributed by atoms with Crippen molar-refractivity contribution in [3.05, 3.63) is 90.1 Å². The Morgan fingerprint density at radius 3 is 2.44 bits per heavy atom. The summed E-state index contributed by atoms with van der Waals surface area (Å²) in [5.41, 5.74) is 4.31. The lowest BCUT2D eigenvalue weighted by atomic mass is 9.92. The van der Waals surface area contributed by atoms with E-state index < -0.39 is 17.7 Å². The summed E-state index contributed by atoms with van der Waals surface area (Å²) in [5, 5.41) is 5.74. The molecule has 1 aliphatic rings. The maximum atomic E-state index is 13.4. The van der Waals surface area contributed by atoms with Gasteiger partial charge in [-0.1, -0.05) is 48.0 Å². The van der Waals surface area contributed by atoms with E-state index in [2.05, 4.69) is 31.0 Å². The number of aromatic nitrogens is 3. The van der Waals surface area contributed by atoms with E-state index >= 15 is 0 Å². The molecular weight excluding hydrogens is 652 g/mol. The minimum atomic E-state index is -1.02. The number of benzene rings is 2. The van der Waals surface area contributed by atoms with Crippen LogP contribution in [0, 0.1) is 6.92 Å². The molecule has 0 spiro atoms. The Hall–Kier alpha value is -4.18. The molecule has 2 aromatic heterocycles. The number of hydrogen-bond donors (Lipinski definition) is 0. The number of esters is 1. The minimum Gasteiger partial charge on any atom is -0.490 e. The van der Waals surface area contributed by atoms with Gasteiger partial charge in [0.2, 0.25) is 0 Å². The lowest BCUT2D eigenvalue weighted by Gasteiger charge is -2.41. The van der Waals surface area contributed by atoms with Gasteiger partial charge in [0.15, 0.2) is 11.8 Å². The minimum absolute atomic E-state index is 0.0643. The molecule has 10 heteroatoms. The normalized spacial score (nSPS) is 15.8. The molecule has 5 rings (SSSR count). The summed E-state index contributed by atoms with van der Waals surface area (Å²) < 4.78 is 26.0. The molecule has 9 nitrogen and oxygen atoms in total. The molecule has 4 aromatic rings. The summed E-state index contributed by atoms with van der Waals surface area (Å²) in [6, 6.07) is 15.7. The highest BCUT2D eigenvalue weighted by molar-refractivity contribution is 6.33. The summed E-state index contributed by atoms with van der Waals surface area (Å²) in [6.45, 7) is 21.3. The summed E-state index contributed by atoms with van der Waals surface area (Å²) in [5.74, 6) is 0.949. The molecule has 2 atom stereocenters. The predicted molar refractivity (Wildman–Crippen MR) is 200 cm³/mol. The van der Waals surface area contributed by atoms with Gasteiger partial charge in [0, 0.05) is 42.4 Å². The van der Waals surface area contributed by atoms with Gasteiger partial charge >= 0.3 is 5.97 Å². The molecule has 50 heavy (non-hydrogen) atoms. The van der Waals surface area contributed by atoms with E-state index in [1.165, 1.54) is 7.11 Å². The van der Waals surface area contributed by atoms with Crippen LogP contribution in [-0.2, 0) is 19.0 Å². The molecule has 1 saturated heterocycles. The zero-order valence-corrected chi connectivity index (χ0v) is 31.0. The molecule has 3 heterocycles. The third kappa shape index (κ3) is 8.23. The number of ether oxygens (including phenoxy) is 4. The van der Waals surface area contributed by atoms with Gasteiger partial charge in [-0.05, 0) is 78.1 Å². The van der Waals surface area contributed by atoms with Gasteiger partial charge in [0.1, 0.15) is 11.6 Å². The maximum Gasteiger partial charge on any atom is 0.339 e. The molecule has 1 fully saturated rings. The second-order valence-corrected chi connectivity index (χ2v) is 14.5. The summed E-state index contributed by atoms with van der Waals surface area (Å²) in [4.78, 5) is 20.6. The van der Waals surface area contributed by atoms with E-state index in [0.717, 1.165) is 35.3 Å². The number of anilines is 1. The second kappa shape index (κ2) is 15.4. The SMILES string of the molecule is C=CCOC1(C)CCN(c2c(C(OC(C)(C)C)C(=O)OC)c(C)nc3cc(-c4cccc(-c5c(Cl)cccc5O[C@@H](C)CC=C)c4)nn23)CC1. The fourth-order valence-corrected chi connectivity index (χ4v) is 6.64. The molecule has 0 N–H and O–H groups in total. The van der Waals surface area contributed by atoms with Gasteiger partial charge in [-0.15, -0.1) is 13.2 Å². The van der Waals surface area contributed by atoms with Crippen LogP contribution >= 0.6 is 11.6 Å². The van der Waals surface area contributed by atoms with E-state index in [4.69, 9.17) is 40.6 Å². The monoisotopic (exact) mass is 700 g/mol. The maximum absolute atomic E-state index is 13.4. The molecule has 0 saturated carbocycles. The van der Waals surface area contributed by atoms with Crippen molar-refractivity contribution in [3.8, 4) is 28.1 Å². The van der Waals surface area contributed by atoms with E-state index in [0.29, 0.717) is 59.5 Å². The first kappa shape index (κ1) is 37.1. The number of halogens is 1. The second-order valence-electron chi connectivity index (χ2n) is 14.1. The topological polar surface area (TPSA) is 87.4 Å². The van der Waals surface area contributed by atoms with Crippen molar-refractivity contribution in [1.29, 1.82) is 0 Å². The molecule has 0 bridgehead atoms. The lowest BCUT2D eigenvalue weighted by molar-refractivity contribution is -0.164. The number of methoxy groups -OCH3 is 1. The van der Waals surface area contributed by atoms with Crippen molar-refractivity contribution in [2.75, 3.05) is 31.7 Å². The number of aryl methyl sites for hydroxylation is 1. The van der Waals surface area contributed by atoms with E-state index in [9.17, 15) is 4.79 Å². The average Bonchev–Trinajstić information content (AvgIpc) is 3.49. The Morgan fingerprint density at radius 2 is 1.78 bits per heavy atom. The highest BCUT2D eigenvalue weighted by atomic mass is 35.5. The molecule has 1 aliphatic heterocycles. The first-order chi connectivity index (χ1) is 23.8. The van der Waals surface area contributed by atoms with E-state index in [-0.39, 0.29) is 11.7 Å². The van der Waals surface area contributed by atoms with Gasteiger partial charge in [-0.3, -0.25) is 0 Å². The van der Waals surface area contributed by atoms with Crippen LogP contribution in [0.15, 0.2) is 73.8 Å². The summed E-state index contributed by atoms with van der Waals surface area (Å²) >= 11 is 6.79. The van der Waals surface area contributed by atoms with Crippen LogP contribution in [0.25, 0.3) is 28.0 Å². The molecule has 2 aromatic carbocycles. The smallest absolute Gasteiger partial charge is 0.339 e. The zero-order valence-electron chi connectivity index (χ0n) is 30.3.